The first kappa shape index (κ1) is 23.1. The van der Waals surface area contributed by atoms with E-state index < -0.39 is 0 Å². The highest BCUT2D eigenvalue weighted by atomic mass is 16.5. The highest BCUT2D eigenvalue weighted by Crippen LogP contribution is 2.38. The number of methoxy groups -OCH3 is 1. The molecule has 4 aromatic rings. The molecule has 2 aromatic carbocycles. The summed E-state index contributed by atoms with van der Waals surface area (Å²) in [5.74, 6) is -0.335. The quantitative estimate of drug-likeness (QED) is 0.288. The van der Waals surface area contributed by atoms with E-state index in [4.69, 9.17) is 4.74 Å². The molecular formula is C29H32N4O2. The van der Waals surface area contributed by atoms with Crippen LogP contribution in [0.15, 0.2) is 60.9 Å². The molecule has 0 bridgehead atoms. The van der Waals surface area contributed by atoms with Crippen LogP contribution in [0.2, 0.25) is 0 Å². The molecule has 0 radical (unpaired) electrons. The van der Waals surface area contributed by atoms with Gasteiger partial charge in [-0.15, -0.1) is 0 Å². The van der Waals surface area contributed by atoms with Crippen molar-refractivity contribution in [1.29, 1.82) is 0 Å². The fraction of sp³-hybridized carbons (Fsp3) is 0.310. The summed E-state index contributed by atoms with van der Waals surface area (Å²) in [4.78, 5) is 14.1. The molecule has 6 nitrogen and oxygen atoms in total. The molecule has 35 heavy (non-hydrogen) atoms. The molecule has 2 aromatic heterocycles. The first-order valence-electron chi connectivity index (χ1n) is 12.2. The van der Waals surface area contributed by atoms with Crippen LogP contribution in [0.1, 0.15) is 46.0 Å². The minimum absolute atomic E-state index is 0.335. The zero-order valence-electron chi connectivity index (χ0n) is 20.6. The second-order valence-corrected chi connectivity index (χ2v) is 9.39. The second-order valence-electron chi connectivity index (χ2n) is 9.39. The monoisotopic (exact) mass is 468 g/mol. The summed E-state index contributed by atoms with van der Waals surface area (Å²) in [5.41, 5.74) is 8.82. The number of para-hydroxylation sites is 1. The SMILES string of the molecule is COC(=O)C=Cc1ccc2c(c1)CCC2N(CCc1cn(C)c2ccccc12)Cc1cn[nH]c1C. The number of fused-ring (bicyclic) bond motifs is 2. The second kappa shape index (κ2) is 9.92. The lowest BCUT2D eigenvalue weighted by Gasteiger charge is -2.29. The standard InChI is InChI=1S/C29H32N4O2/c1-20-24(17-30-31-20)19-33(15-14-23-18-32(2)27-7-5-4-6-25(23)27)28-12-10-22-16-21(8-11-26(22)28)9-13-29(34)35-3/h4-9,11,13,16-18,28H,10,12,14-15,19H2,1-3H3,(H,30,31). The maximum Gasteiger partial charge on any atom is 0.330 e. The molecule has 1 N–H and O–H groups in total. The summed E-state index contributed by atoms with van der Waals surface area (Å²) in [5, 5.41) is 8.69. The van der Waals surface area contributed by atoms with E-state index in [0.717, 1.165) is 43.6 Å². The lowest BCUT2D eigenvalue weighted by molar-refractivity contribution is -0.134. The van der Waals surface area contributed by atoms with Crippen LogP contribution >= 0.6 is 0 Å². The van der Waals surface area contributed by atoms with Crippen molar-refractivity contribution in [2.45, 2.75) is 38.8 Å². The number of benzene rings is 2. The topological polar surface area (TPSA) is 63.1 Å². The molecule has 1 aliphatic rings. The molecule has 0 amide bonds. The van der Waals surface area contributed by atoms with E-state index >= 15 is 0 Å². The molecular weight excluding hydrogens is 436 g/mol. The lowest BCUT2D eigenvalue weighted by atomic mass is 10.0. The molecule has 0 spiro atoms. The van der Waals surface area contributed by atoms with Crippen LogP contribution < -0.4 is 0 Å². The third-order valence-corrected chi connectivity index (χ3v) is 7.22. The fourth-order valence-corrected chi connectivity index (χ4v) is 5.32. The van der Waals surface area contributed by atoms with Gasteiger partial charge in [0.15, 0.2) is 0 Å². The van der Waals surface area contributed by atoms with Crippen LogP contribution in [-0.4, -0.2) is 39.3 Å². The molecule has 2 heterocycles. The molecule has 0 fully saturated rings. The molecule has 6 heteroatoms. The summed E-state index contributed by atoms with van der Waals surface area (Å²) >= 11 is 0. The third kappa shape index (κ3) is 4.80. The van der Waals surface area contributed by atoms with Gasteiger partial charge in [-0.2, -0.15) is 5.10 Å². The minimum atomic E-state index is -0.335. The molecule has 0 saturated carbocycles. The number of hydrogen-bond donors (Lipinski definition) is 1. The van der Waals surface area contributed by atoms with Crippen molar-refractivity contribution < 1.29 is 9.53 Å². The van der Waals surface area contributed by atoms with Gasteiger partial charge < -0.3 is 9.30 Å². The van der Waals surface area contributed by atoms with Crippen LogP contribution in [0.25, 0.3) is 17.0 Å². The predicted octanol–water partition coefficient (Wildman–Crippen LogP) is 5.13. The number of aromatic nitrogens is 3. The van der Waals surface area contributed by atoms with Gasteiger partial charge in [0, 0.05) is 60.6 Å². The lowest BCUT2D eigenvalue weighted by Crippen LogP contribution is -2.29. The number of nitrogens with zero attached hydrogens (tertiary/aromatic N) is 3. The van der Waals surface area contributed by atoms with Crippen molar-refractivity contribution in [2.24, 2.45) is 7.05 Å². The maximum absolute atomic E-state index is 11.5. The number of nitrogens with one attached hydrogen (secondary N) is 1. The normalized spacial score (nSPS) is 15.4. The zero-order chi connectivity index (χ0) is 24.4. The first-order valence-corrected chi connectivity index (χ1v) is 12.2. The van der Waals surface area contributed by atoms with Crippen molar-refractivity contribution in [3.05, 3.63) is 94.4 Å². The summed E-state index contributed by atoms with van der Waals surface area (Å²) in [6.07, 6.45) is 10.6. The Bertz CT molecular complexity index is 1380. The van der Waals surface area contributed by atoms with Crippen LogP contribution in [0, 0.1) is 6.92 Å². The number of rotatable bonds is 8. The average molecular weight is 469 g/mol. The average Bonchev–Trinajstić information content (AvgIpc) is 3.57. The van der Waals surface area contributed by atoms with Crippen molar-refractivity contribution in [3.8, 4) is 0 Å². The molecule has 1 atom stereocenters. The highest BCUT2D eigenvalue weighted by Gasteiger charge is 2.28. The van der Waals surface area contributed by atoms with Gasteiger partial charge in [-0.3, -0.25) is 10.00 Å². The molecule has 180 valence electrons. The van der Waals surface area contributed by atoms with E-state index in [1.54, 1.807) is 0 Å². The largest absolute Gasteiger partial charge is 0.466 e. The van der Waals surface area contributed by atoms with E-state index in [2.05, 4.69) is 82.3 Å². The van der Waals surface area contributed by atoms with Crippen molar-refractivity contribution in [1.82, 2.24) is 19.7 Å². The van der Waals surface area contributed by atoms with Crippen LogP contribution in [0.5, 0.6) is 0 Å². The van der Waals surface area contributed by atoms with Gasteiger partial charge in [-0.1, -0.05) is 36.4 Å². The Labute approximate surface area is 206 Å². The number of esters is 1. The number of ether oxygens (including phenoxy) is 1. The number of carbonyl (C=O) groups excluding carboxylic acids is 1. The van der Waals surface area contributed by atoms with E-state index in [9.17, 15) is 4.79 Å². The number of hydrogen-bond acceptors (Lipinski definition) is 4. The van der Waals surface area contributed by atoms with Gasteiger partial charge in [-0.25, -0.2) is 4.79 Å². The smallest absolute Gasteiger partial charge is 0.330 e. The van der Waals surface area contributed by atoms with E-state index in [-0.39, 0.29) is 5.97 Å². The zero-order valence-corrected chi connectivity index (χ0v) is 20.6. The Kier molecular flexibility index (Phi) is 6.55. The minimum Gasteiger partial charge on any atom is -0.466 e. The van der Waals surface area contributed by atoms with Crippen LogP contribution in [0.4, 0.5) is 0 Å². The third-order valence-electron chi connectivity index (χ3n) is 7.22. The predicted molar refractivity (Wildman–Crippen MR) is 139 cm³/mol. The maximum atomic E-state index is 11.5. The summed E-state index contributed by atoms with van der Waals surface area (Å²) in [7, 11) is 3.52. The van der Waals surface area contributed by atoms with Gasteiger partial charge in [0.25, 0.3) is 0 Å². The Morgan fingerprint density at radius 3 is 2.91 bits per heavy atom. The molecule has 1 aliphatic carbocycles. The van der Waals surface area contributed by atoms with Crippen molar-refractivity contribution in [2.75, 3.05) is 13.7 Å². The van der Waals surface area contributed by atoms with Gasteiger partial charge >= 0.3 is 5.97 Å². The Morgan fingerprint density at radius 2 is 2.11 bits per heavy atom. The van der Waals surface area contributed by atoms with E-state index in [1.165, 1.54) is 46.3 Å². The molecule has 5 rings (SSSR count). The van der Waals surface area contributed by atoms with Gasteiger partial charge in [0.05, 0.1) is 13.3 Å². The van der Waals surface area contributed by atoms with E-state index in [1.807, 2.05) is 12.3 Å². The number of aryl methyl sites for hydroxylation is 3. The fourth-order valence-electron chi connectivity index (χ4n) is 5.32. The van der Waals surface area contributed by atoms with Crippen molar-refractivity contribution >= 4 is 22.9 Å². The number of aromatic amines is 1. The Hall–Kier alpha value is -3.64. The first-order chi connectivity index (χ1) is 17.0. The van der Waals surface area contributed by atoms with Crippen molar-refractivity contribution in [3.63, 3.8) is 0 Å². The molecule has 1 unspecified atom stereocenters. The summed E-state index contributed by atoms with van der Waals surface area (Å²) in [6.45, 7) is 3.92. The molecule has 0 saturated heterocycles. The van der Waals surface area contributed by atoms with E-state index in [0.29, 0.717) is 6.04 Å². The number of H-pyrrole nitrogens is 1. The van der Waals surface area contributed by atoms with Gasteiger partial charge in [0.2, 0.25) is 0 Å². The number of carbonyl (C=O) groups is 1. The Balaban J connectivity index is 1.40. The van der Waals surface area contributed by atoms with Gasteiger partial charge in [-0.05, 0) is 60.6 Å². The van der Waals surface area contributed by atoms with Crippen LogP contribution in [-0.2, 0) is 36.0 Å². The summed E-state index contributed by atoms with van der Waals surface area (Å²) < 4.78 is 6.95. The Morgan fingerprint density at radius 1 is 1.26 bits per heavy atom. The highest BCUT2D eigenvalue weighted by molar-refractivity contribution is 5.87. The summed E-state index contributed by atoms with van der Waals surface area (Å²) in [6, 6.07) is 15.5. The molecule has 0 aliphatic heterocycles. The van der Waals surface area contributed by atoms with Crippen LogP contribution in [0.3, 0.4) is 0 Å². The van der Waals surface area contributed by atoms with Gasteiger partial charge in [0.1, 0.15) is 0 Å².